The number of nitrogens with two attached hydrogens (primary N) is 5. The number of aliphatic imine (C=N–C) groups is 2. The second kappa shape index (κ2) is 34.8. The third-order valence-corrected chi connectivity index (χ3v) is 11.5. The summed E-state index contributed by atoms with van der Waals surface area (Å²) in [6.45, 7) is 0.853. The van der Waals surface area contributed by atoms with E-state index in [0.29, 0.717) is 57.9 Å². The molecular formula is C45H76N14O19. The summed E-state index contributed by atoms with van der Waals surface area (Å²) in [6.07, 6.45) is -5.73. The Bertz CT molecular complexity index is 2160. The number of carbonyl (C=O) groups excluding carboxylic acids is 7. The fourth-order valence-corrected chi connectivity index (χ4v) is 7.77. The van der Waals surface area contributed by atoms with Crippen LogP contribution >= 0.6 is 0 Å². The molecule has 2 heterocycles. The number of aliphatic hydroxyl groups is 4. The van der Waals surface area contributed by atoms with Gasteiger partial charge in [0.05, 0.1) is 50.0 Å². The lowest BCUT2D eigenvalue weighted by Crippen LogP contribution is -2.61. The average Bonchev–Trinajstić information content (AvgIpc) is 3.37. The normalized spacial score (nSPS) is 20.4. The minimum atomic E-state index is -1.79. The van der Waals surface area contributed by atoms with Crippen LogP contribution in [0, 0.1) is 0 Å². The molecule has 0 unspecified atom stereocenters. The Morgan fingerprint density at radius 1 is 0.590 bits per heavy atom. The smallest absolute Gasteiger partial charge is 0.407 e. The monoisotopic (exact) mass is 1120 g/mol. The number of aliphatic carboxylic acids is 2. The van der Waals surface area contributed by atoms with Crippen LogP contribution in [0.25, 0.3) is 0 Å². The zero-order valence-corrected chi connectivity index (χ0v) is 43.3. The van der Waals surface area contributed by atoms with Crippen molar-refractivity contribution in [1.82, 2.24) is 37.2 Å². The van der Waals surface area contributed by atoms with E-state index in [0.717, 1.165) is 26.0 Å². The van der Waals surface area contributed by atoms with Gasteiger partial charge in [-0.3, -0.25) is 24.0 Å². The van der Waals surface area contributed by atoms with E-state index in [1.54, 1.807) is 0 Å². The highest BCUT2D eigenvalue weighted by Gasteiger charge is 2.48. The molecule has 0 radical (unpaired) electrons. The Morgan fingerprint density at radius 3 is 1.31 bits per heavy atom. The zero-order chi connectivity index (χ0) is 58.5. The Balaban J connectivity index is 1.64. The summed E-state index contributed by atoms with van der Waals surface area (Å²) in [7, 11) is 0. The summed E-state index contributed by atoms with van der Waals surface area (Å²) in [5, 5.41) is 77.5. The van der Waals surface area contributed by atoms with Gasteiger partial charge in [0.15, 0.2) is 36.3 Å². The summed E-state index contributed by atoms with van der Waals surface area (Å²) < 4.78 is 21.7. The molecule has 0 aromatic carbocycles. The Morgan fingerprint density at radius 2 is 0.962 bits per heavy atom. The van der Waals surface area contributed by atoms with Crippen LogP contribution in [0.5, 0.6) is 0 Å². The molecule has 33 heteroatoms. The van der Waals surface area contributed by atoms with Crippen molar-refractivity contribution in [1.29, 1.82) is 0 Å². The molecule has 33 nitrogen and oxygen atoms in total. The van der Waals surface area contributed by atoms with Crippen molar-refractivity contribution in [3.63, 3.8) is 0 Å². The molecule has 0 aliphatic carbocycles. The van der Waals surface area contributed by atoms with Crippen molar-refractivity contribution in [2.75, 3.05) is 45.9 Å². The molecule has 0 saturated carbocycles. The maximum atomic E-state index is 12.8. The fourth-order valence-electron chi connectivity index (χ4n) is 7.77. The first kappa shape index (κ1) is 66.4. The quantitative estimate of drug-likeness (QED) is 0.0162. The highest BCUT2D eigenvalue weighted by atomic mass is 16.6. The van der Waals surface area contributed by atoms with Gasteiger partial charge in [0.1, 0.15) is 12.2 Å². The molecule has 0 bridgehead atoms. The average molecular weight is 1120 g/mol. The number of unbranched alkanes of at least 4 members (excludes halogenated alkanes) is 6. The minimum absolute atomic E-state index is 0.00437. The topological polar surface area (TPSA) is 551 Å². The Labute approximate surface area is 447 Å². The summed E-state index contributed by atoms with van der Waals surface area (Å²) in [5.41, 5.74) is 27.9. The minimum Gasteiger partial charge on any atom is -0.477 e. The third kappa shape index (κ3) is 24.5. The molecule has 7 amide bonds. The van der Waals surface area contributed by atoms with Gasteiger partial charge in [-0.25, -0.2) is 29.2 Å². The van der Waals surface area contributed by atoms with Gasteiger partial charge < -0.3 is 115 Å². The van der Waals surface area contributed by atoms with Crippen molar-refractivity contribution in [2.24, 2.45) is 38.7 Å². The summed E-state index contributed by atoms with van der Waals surface area (Å²) in [6, 6.07) is -5.98. The molecule has 2 aliphatic heterocycles. The van der Waals surface area contributed by atoms with E-state index < -0.39 is 151 Å². The van der Waals surface area contributed by atoms with Crippen LogP contribution in [0.4, 0.5) is 9.59 Å². The van der Waals surface area contributed by atoms with Gasteiger partial charge in [0.25, 0.3) is 0 Å². The number of nitrogens with zero attached hydrogens (tertiary/aromatic N) is 2. The number of alkyl carbamates (subject to hydrolysis) is 2. The summed E-state index contributed by atoms with van der Waals surface area (Å²) >= 11 is 0. The van der Waals surface area contributed by atoms with Crippen LogP contribution in [0.3, 0.4) is 0 Å². The molecule has 2 rings (SSSR count). The first-order valence-electron chi connectivity index (χ1n) is 24.9. The van der Waals surface area contributed by atoms with Gasteiger partial charge in [-0.15, -0.1) is 0 Å². The molecule has 0 saturated heterocycles. The van der Waals surface area contributed by atoms with E-state index in [9.17, 15) is 73.8 Å². The van der Waals surface area contributed by atoms with Gasteiger partial charge in [-0.05, 0) is 44.3 Å². The highest BCUT2D eigenvalue weighted by molar-refractivity contribution is 5.88. The molecule has 0 aromatic rings. The van der Waals surface area contributed by atoms with Crippen LogP contribution in [0.15, 0.2) is 33.7 Å². The number of hydrogen-bond acceptors (Lipinski definition) is 20. The number of nitrogens with one attached hydrogen (secondary N) is 7. The highest BCUT2D eigenvalue weighted by Crippen LogP contribution is 2.28. The number of carbonyl (C=O) groups is 9. The van der Waals surface area contributed by atoms with E-state index >= 15 is 0 Å². The molecule has 23 N–H and O–H groups in total. The lowest BCUT2D eigenvalue weighted by molar-refractivity contribution is -0.147. The number of guanidine groups is 2. The number of hydrogen-bond donors (Lipinski definition) is 18. The Hall–Kier alpha value is -7.75. The molecule has 78 heavy (non-hydrogen) atoms. The van der Waals surface area contributed by atoms with Crippen molar-refractivity contribution >= 4 is 65.6 Å². The lowest BCUT2D eigenvalue weighted by Gasteiger charge is -2.39. The van der Waals surface area contributed by atoms with Crippen LogP contribution in [0.2, 0.25) is 0 Å². The second-order valence-corrected chi connectivity index (χ2v) is 17.9. The summed E-state index contributed by atoms with van der Waals surface area (Å²) in [4.78, 5) is 118. The van der Waals surface area contributed by atoms with E-state index in [2.05, 4.69) is 47.2 Å². The molecular weight excluding hydrogens is 1040 g/mol. The Kier molecular flexibility index (Phi) is 29.6. The number of ether oxygens (including phenoxy) is 4. The largest absolute Gasteiger partial charge is 0.477 e. The maximum Gasteiger partial charge on any atom is 0.407 e. The first-order valence-corrected chi connectivity index (χ1v) is 24.9. The van der Waals surface area contributed by atoms with Crippen molar-refractivity contribution < 1.29 is 92.7 Å². The predicted octanol–water partition coefficient (Wildman–Crippen LogP) is -6.51. The molecule has 0 fully saturated rings. The lowest BCUT2D eigenvalue weighted by atomic mass is 9.92. The van der Waals surface area contributed by atoms with Gasteiger partial charge in [-0.2, -0.15) is 0 Å². The maximum absolute atomic E-state index is 12.8. The number of amides is 7. The number of carboxylic acid groups (broad SMARTS) is 2. The third-order valence-electron chi connectivity index (χ3n) is 11.5. The van der Waals surface area contributed by atoms with E-state index in [1.165, 1.54) is 0 Å². The fraction of sp³-hybridized carbons (Fsp3) is 0.667. The molecule has 0 spiro atoms. The van der Waals surface area contributed by atoms with Crippen LogP contribution in [-0.2, 0) is 52.5 Å². The molecule has 440 valence electrons. The van der Waals surface area contributed by atoms with Gasteiger partial charge in [0, 0.05) is 46.4 Å². The van der Waals surface area contributed by atoms with Crippen molar-refractivity contribution in [3.05, 3.63) is 23.7 Å². The van der Waals surface area contributed by atoms with E-state index in [1.807, 2.05) is 0 Å². The number of rotatable bonds is 34. The van der Waals surface area contributed by atoms with Gasteiger partial charge in [-0.1, -0.05) is 25.7 Å². The number of carboxylic acids is 2. The van der Waals surface area contributed by atoms with Crippen molar-refractivity contribution in [2.45, 2.75) is 145 Å². The van der Waals surface area contributed by atoms with E-state index in [-0.39, 0.29) is 44.9 Å². The van der Waals surface area contributed by atoms with Crippen LogP contribution < -0.4 is 65.9 Å². The van der Waals surface area contributed by atoms with Gasteiger partial charge >= 0.3 is 24.1 Å². The SMILES string of the molecule is CC(=O)N[C@H]1[C@H]([C@H](OC(=O)NCCCCCCNC(=O)CC[C@@H](N)C(=O)NCC(=O)NCCCCCCNC(=O)O[C@@H]([C@@H]2OC(C(=O)O)=C[C@H](N=C(N)N)[C@H]2NC(C)=O)[C@H](O)CO)[C@H](O)CO)OC(C(=O)O)=C[C@@H]1N=C(N)N. The first-order chi connectivity index (χ1) is 36.9. The summed E-state index contributed by atoms with van der Waals surface area (Å²) in [5.74, 6) is -8.02. The van der Waals surface area contributed by atoms with Gasteiger partial charge in [0.2, 0.25) is 41.1 Å². The molecule has 11 atom stereocenters. The number of aliphatic hydroxyl groups excluding tert-OH is 4. The molecule has 0 aromatic heterocycles. The van der Waals surface area contributed by atoms with E-state index in [4.69, 9.17) is 47.6 Å². The predicted molar refractivity (Wildman–Crippen MR) is 271 cm³/mol. The second-order valence-electron chi connectivity index (χ2n) is 17.9. The van der Waals surface area contributed by atoms with Crippen LogP contribution in [0.1, 0.15) is 78.1 Å². The standard InChI is InChI=1S/C45H76N14O19/c1-22(62)56-33-25(58-42(47)48)17-29(40(69)70)75-37(33)35(27(64)20-60)77-44(73)53-15-9-5-3-7-13-51-31(66)12-11-24(46)39(68)55-19-32(67)52-14-8-4-6-10-16-54-45(74)78-36(28(65)21-61)38-34(57-23(2)63)26(59-43(49)50)18-30(76-38)41(71)72/h17-18,24-28,33-38,60-61,64-65H,3-16,19-21,46H2,1-2H3,(H,51,66)(H,52,67)(H,53,73)(H,54,74)(H,55,68)(H,56,62)(H,57,63)(H,69,70)(H,71,72)(H4,47,48,58)(H4,49,50,59)/t24-,25+,26+,27-,28-,33-,34-,35-,36-,37-,38-/m1/s1. The van der Waals surface area contributed by atoms with Crippen molar-refractivity contribution in [3.8, 4) is 0 Å². The molecule has 2 aliphatic rings. The zero-order valence-electron chi connectivity index (χ0n) is 43.3. The van der Waals surface area contributed by atoms with Crippen LogP contribution in [-0.4, -0.2) is 209 Å².